The van der Waals surface area contributed by atoms with Crippen LogP contribution in [0.1, 0.15) is 37.3 Å². The lowest BCUT2D eigenvalue weighted by molar-refractivity contribution is -0.151. The van der Waals surface area contributed by atoms with Crippen molar-refractivity contribution >= 4 is 23.9 Å². The highest BCUT2D eigenvalue weighted by Gasteiger charge is 2.12. The second kappa shape index (κ2) is 13.0. The van der Waals surface area contributed by atoms with Crippen molar-refractivity contribution in [2.75, 3.05) is 13.9 Å². The van der Waals surface area contributed by atoms with Crippen LogP contribution in [0.25, 0.3) is 22.6 Å². The number of amides is 1. The SMILES string of the molecule is CCCC(=O)OCOC(=O)/N=C(\N)c1ccc(-c2cn(C)c(-c3ccc(CCC(=O)OC)cc3)n2)cc1. The van der Waals surface area contributed by atoms with E-state index in [2.05, 4.69) is 9.73 Å². The molecule has 0 aliphatic rings. The summed E-state index contributed by atoms with van der Waals surface area (Å²) in [6.07, 6.45) is 2.81. The zero-order valence-corrected chi connectivity index (χ0v) is 21.1. The summed E-state index contributed by atoms with van der Waals surface area (Å²) in [5.41, 5.74) is 10.1. The van der Waals surface area contributed by atoms with Crippen molar-refractivity contribution in [2.45, 2.75) is 32.6 Å². The first-order chi connectivity index (χ1) is 17.8. The Morgan fingerprint density at radius 2 is 1.62 bits per heavy atom. The zero-order chi connectivity index (χ0) is 26.8. The van der Waals surface area contributed by atoms with E-state index in [-0.39, 0.29) is 18.2 Å². The van der Waals surface area contributed by atoms with Crippen LogP contribution in [0.15, 0.2) is 59.7 Å². The summed E-state index contributed by atoms with van der Waals surface area (Å²) in [6, 6.07) is 15.0. The Bertz CT molecular complexity index is 1260. The summed E-state index contributed by atoms with van der Waals surface area (Å²) in [5.74, 6) is 0.0857. The third-order valence-electron chi connectivity index (χ3n) is 5.48. The molecule has 0 bridgehead atoms. The van der Waals surface area contributed by atoms with Crippen LogP contribution < -0.4 is 5.73 Å². The molecule has 3 aromatic rings. The van der Waals surface area contributed by atoms with E-state index in [4.69, 9.17) is 20.2 Å². The van der Waals surface area contributed by atoms with Crippen molar-refractivity contribution in [1.29, 1.82) is 0 Å². The lowest BCUT2D eigenvalue weighted by Gasteiger charge is -2.05. The van der Waals surface area contributed by atoms with Crippen molar-refractivity contribution in [1.82, 2.24) is 9.55 Å². The van der Waals surface area contributed by atoms with E-state index >= 15 is 0 Å². The molecule has 194 valence electrons. The number of carbonyl (C=O) groups is 3. The van der Waals surface area contributed by atoms with Gasteiger partial charge in [0.2, 0.25) is 6.79 Å². The quantitative estimate of drug-likeness (QED) is 0.189. The lowest BCUT2D eigenvalue weighted by Crippen LogP contribution is -2.17. The van der Waals surface area contributed by atoms with E-state index in [0.717, 1.165) is 28.2 Å². The summed E-state index contributed by atoms with van der Waals surface area (Å²) in [5, 5.41) is 0. The van der Waals surface area contributed by atoms with Gasteiger partial charge in [0.15, 0.2) is 0 Å². The first-order valence-corrected chi connectivity index (χ1v) is 11.8. The molecule has 0 aliphatic heterocycles. The van der Waals surface area contributed by atoms with Gasteiger partial charge in [0.25, 0.3) is 0 Å². The van der Waals surface area contributed by atoms with Crippen LogP contribution in [-0.2, 0) is 37.3 Å². The topological polar surface area (TPSA) is 135 Å². The number of aryl methyl sites for hydroxylation is 2. The van der Waals surface area contributed by atoms with Crippen molar-refractivity contribution in [2.24, 2.45) is 17.8 Å². The van der Waals surface area contributed by atoms with Gasteiger partial charge in [-0.05, 0) is 18.4 Å². The van der Waals surface area contributed by atoms with Crippen LogP contribution in [0.3, 0.4) is 0 Å². The Labute approximate surface area is 215 Å². The molecule has 0 radical (unpaired) electrons. The summed E-state index contributed by atoms with van der Waals surface area (Å²) < 4.78 is 16.1. The van der Waals surface area contributed by atoms with Crippen molar-refractivity contribution in [3.8, 4) is 22.6 Å². The molecule has 0 fully saturated rings. The third kappa shape index (κ3) is 7.76. The van der Waals surface area contributed by atoms with E-state index in [1.165, 1.54) is 7.11 Å². The highest BCUT2D eigenvalue weighted by molar-refractivity contribution is 6.03. The minimum absolute atomic E-state index is 0.0227. The van der Waals surface area contributed by atoms with Gasteiger partial charge in [-0.15, -0.1) is 0 Å². The Balaban J connectivity index is 1.64. The molecule has 1 amide bonds. The molecule has 37 heavy (non-hydrogen) atoms. The van der Waals surface area contributed by atoms with E-state index in [0.29, 0.717) is 24.8 Å². The summed E-state index contributed by atoms with van der Waals surface area (Å²) in [7, 11) is 3.30. The summed E-state index contributed by atoms with van der Waals surface area (Å²) in [4.78, 5) is 42.9. The summed E-state index contributed by atoms with van der Waals surface area (Å²) >= 11 is 0. The van der Waals surface area contributed by atoms with Gasteiger partial charge < -0.3 is 24.5 Å². The average Bonchev–Trinajstić information content (AvgIpc) is 3.29. The molecule has 10 heteroatoms. The van der Waals surface area contributed by atoms with Crippen LogP contribution in [0.2, 0.25) is 0 Å². The molecule has 2 N–H and O–H groups in total. The van der Waals surface area contributed by atoms with Gasteiger partial charge in [-0.25, -0.2) is 9.78 Å². The van der Waals surface area contributed by atoms with Crippen LogP contribution >= 0.6 is 0 Å². The molecule has 2 aromatic carbocycles. The lowest BCUT2D eigenvalue weighted by atomic mass is 10.1. The summed E-state index contributed by atoms with van der Waals surface area (Å²) in [6.45, 7) is 1.33. The Morgan fingerprint density at radius 1 is 0.946 bits per heavy atom. The van der Waals surface area contributed by atoms with Gasteiger partial charge in [-0.3, -0.25) is 9.59 Å². The predicted octanol–water partition coefficient (Wildman–Crippen LogP) is 4.00. The monoisotopic (exact) mass is 506 g/mol. The molecule has 0 atom stereocenters. The number of benzene rings is 2. The minimum Gasteiger partial charge on any atom is -0.469 e. The molecule has 0 saturated heterocycles. The van der Waals surface area contributed by atoms with E-state index in [9.17, 15) is 14.4 Å². The number of esters is 2. The smallest absolute Gasteiger partial charge is 0.438 e. The Kier molecular flexibility index (Phi) is 9.54. The number of rotatable bonds is 10. The number of methoxy groups -OCH3 is 1. The van der Waals surface area contributed by atoms with Gasteiger partial charge in [0, 0.05) is 42.8 Å². The maximum atomic E-state index is 11.8. The maximum absolute atomic E-state index is 11.8. The fraction of sp³-hybridized carbons (Fsp3) is 0.296. The number of carbonyl (C=O) groups excluding carboxylic acids is 3. The van der Waals surface area contributed by atoms with Gasteiger partial charge in [0.1, 0.15) is 11.7 Å². The molecule has 0 saturated carbocycles. The third-order valence-corrected chi connectivity index (χ3v) is 5.48. The fourth-order valence-electron chi connectivity index (χ4n) is 3.47. The van der Waals surface area contributed by atoms with Gasteiger partial charge in [0.05, 0.1) is 12.8 Å². The second-order valence-corrected chi connectivity index (χ2v) is 8.20. The van der Waals surface area contributed by atoms with Crippen LogP contribution in [-0.4, -0.2) is 47.3 Å². The number of amidine groups is 1. The molecule has 3 rings (SSSR count). The number of ether oxygens (including phenoxy) is 3. The molecular weight excluding hydrogens is 476 g/mol. The Morgan fingerprint density at radius 3 is 2.27 bits per heavy atom. The van der Waals surface area contributed by atoms with Gasteiger partial charge in [-0.1, -0.05) is 55.5 Å². The second-order valence-electron chi connectivity index (χ2n) is 8.20. The normalized spacial score (nSPS) is 11.2. The number of nitrogens with zero attached hydrogens (tertiary/aromatic N) is 3. The molecule has 0 unspecified atom stereocenters. The first-order valence-electron chi connectivity index (χ1n) is 11.8. The zero-order valence-electron chi connectivity index (χ0n) is 21.1. The van der Waals surface area contributed by atoms with Gasteiger partial charge >= 0.3 is 18.0 Å². The number of hydrogen-bond donors (Lipinski definition) is 1. The first kappa shape index (κ1) is 27.1. The predicted molar refractivity (Wildman–Crippen MR) is 137 cm³/mol. The molecule has 1 heterocycles. The van der Waals surface area contributed by atoms with E-state index in [1.807, 2.05) is 61.1 Å². The number of imidazole rings is 1. The van der Waals surface area contributed by atoms with Crippen molar-refractivity contribution in [3.63, 3.8) is 0 Å². The largest absolute Gasteiger partial charge is 0.469 e. The molecule has 10 nitrogen and oxygen atoms in total. The van der Waals surface area contributed by atoms with E-state index < -0.39 is 18.9 Å². The number of aromatic nitrogens is 2. The number of aliphatic imine (C=N–C) groups is 1. The highest BCUT2D eigenvalue weighted by Crippen LogP contribution is 2.25. The fourth-order valence-corrected chi connectivity index (χ4v) is 3.47. The molecule has 0 aliphatic carbocycles. The standard InChI is InChI=1S/C27H30N4O6/c1-4-5-24(33)36-17-37-27(34)30-25(28)20-13-11-19(12-14-20)22-16-31(2)26(29-22)21-9-6-18(7-10-21)8-15-23(32)35-3/h6-7,9-14,16H,4-5,8,15,17H2,1-3H3,(H2,28,30,34). The van der Waals surface area contributed by atoms with Crippen molar-refractivity contribution < 1.29 is 28.6 Å². The average molecular weight is 507 g/mol. The maximum Gasteiger partial charge on any atom is 0.438 e. The van der Waals surface area contributed by atoms with E-state index in [1.54, 1.807) is 12.1 Å². The Hall–Kier alpha value is -4.47. The van der Waals surface area contributed by atoms with Crippen molar-refractivity contribution in [3.05, 3.63) is 65.9 Å². The molecule has 0 spiro atoms. The minimum atomic E-state index is -0.948. The van der Waals surface area contributed by atoms with Gasteiger partial charge in [-0.2, -0.15) is 4.99 Å². The number of nitrogens with two attached hydrogens (primary N) is 1. The van der Waals surface area contributed by atoms with Crippen LogP contribution in [0, 0.1) is 0 Å². The highest BCUT2D eigenvalue weighted by atomic mass is 16.7. The molecule has 1 aromatic heterocycles. The molecular formula is C27H30N4O6. The number of hydrogen-bond acceptors (Lipinski definition) is 7. The van der Waals surface area contributed by atoms with Crippen LogP contribution in [0.4, 0.5) is 4.79 Å². The van der Waals surface area contributed by atoms with Crippen LogP contribution in [0.5, 0.6) is 0 Å².